The second-order valence-corrected chi connectivity index (χ2v) is 9.73. The predicted octanol–water partition coefficient (Wildman–Crippen LogP) is 3.98. The average molecular weight is 541 g/mol. The minimum absolute atomic E-state index is 0.134. The Balaban J connectivity index is 1.84. The Labute approximate surface area is 224 Å². The Hall–Kier alpha value is -3.34. The molecule has 0 fully saturated rings. The molecule has 1 aromatic carbocycles. The van der Waals surface area contributed by atoms with Gasteiger partial charge in [0.1, 0.15) is 16.5 Å². The second-order valence-electron chi connectivity index (χ2n) is 8.73. The summed E-state index contributed by atoms with van der Waals surface area (Å²) in [5, 5.41) is 7.30. The van der Waals surface area contributed by atoms with Gasteiger partial charge in [-0.25, -0.2) is 4.98 Å². The highest BCUT2D eigenvalue weighted by Gasteiger charge is 2.23. The van der Waals surface area contributed by atoms with Crippen molar-refractivity contribution in [3.63, 3.8) is 0 Å². The lowest BCUT2D eigenvalue weighted by atomic mass is 9.97. The molecule has 11 heteroatoms. The third kappa shape index (κ3) is 5.51. The van der Waals surface area contributed by atoms with Crippen LogP contribution in [-0.4, -0.2) is 42.5 Å². The zero-order valence-corrected chi connectivity index (χ0v) is 22.6. The highest BCUT2D eigenvalue weighted by Crippen LogP contribution is 2.32. The van der Waals surface area contributed by atoms with Crippen molar-refractivity contribution in [2.45, 2.75) is 26.8 Å². The molecule has 0 bridgehead atoms. The Morgan fingerprint density at radius 3 is 2.78 bits per heavy atom. The first-order valence-corrected chi connectivity index (χ1v) is 13.4. The minimum Gasteiger partial charge on any atom is -0.455 e. The Kier molecular flexibility index (Phi) is 8.21. The van der Waals surface area contributed by atoms with Crippen molar-refractivity contribution >= 4 is 57.4 Å². The van der Waals surface area contributed by atoms with E-state index < -0.39 is 0 Å². The number of nitrogens with two attached hydrogens (primary N) is 1. The van der Waals surface area contributed by atoms with Crippen LogP contribution in [0.5, 0.6) is 0 Å². The number of hydrogen-bond acceptors (Lipinski definition) is 9. The van der Waals surface area contributed by atoms with Gasteiger partial charge in [0.05, 0.1) is 34.9 Å². The normalized spacial score (nSPS) is 14.8. The first-order chi connectivity index (χ1) is 17.7. The highest BCUT2D eigenvalue weighted by atomic mass is 35.5. The van der Waals surface area contributed by atoms with Crippen molar-refractivity contribution in [1.29, 1.82) is 0 Å². The van der Waals surface area contributed by atoms with Crippen molar-refractivity contribution in [1.82, 2.24) is 15.0 Å². The summed E-state index contributed by atoms with van der Waals surface area (Å²) >= 11 is 7.23. The van der Waals surface area contributed by atoms with E-state index in [9.17, 15) is 9.59 Å². The fourth-order valence-corrected chi connectivity index (χ4v) is 4.77. The third-order valence-corrected chi connectivity index (χ3v) is 6.71. The molecule has 1 aliphatic heterocycles. The average Bonchev–Trinajstić information content (AvgIpc) is 2.89. The Bertz CT molecular complexity index is 1480. The Morgan fingerprint density at radius 1 is 1.32 bits per heavy atom. The number of benzene rings is 1. The summed E-state index contributed by atoms with van der Waals surface area (Å²) in [5.41, 5.74) is 10.4. The maximum atomic E-state index is 13.5. The van der Waals surface area contributed by atoms with Crippen LogP contribution in [0.4, 0.5) is 5.69 Å². The molecule has 4 rings (SSSR count). The molecule has 9 nitrogen and oxygen atoms in total. The lowest BCUT2D eigenvalue weighted by Gasteiger charge is -2.21. The molecule has 37 heavy (non-hydrogen) atoms. The van der Waals surface area contributed by atoms with E-state index in [1.807, 2.05) is 26.0 Å². The molecule has 2 aromatic heterocycles. The molecule has 0 aliphatic carbocycles. The molecule has 3 heterocycles. The molecule has 0 radical (unpaired) electrons. The number of aromatic nitrogens is 1. The number of hydrogen-bond donors (Lipinski definition) is 4. The van der Waals surface area contributed by atoms with E-state index in [-0.39, 0.29) is 28.2 Å². The summed E-state index contributed by atoms with van der Waals surface area (Å²) in [4.78, 5) is 34.9. The van der Waals surface area contributed by atoms with Crippen LogP contribution in [0.3, 0.4) is 0 Å². The molecule has 1 aliphatic rings. The largest absolute Gasteiger partial charge is 0.455 e. The number of rotatable bonds is 7. The molecule has 1 atom stereocenters. The van der Waals surface area contributed by atoms with Gasteiger partial charge in [0.2, 0.25) is 0 Å². The summed E-state index contributed by atoms with van der Waals surface area (Å²) in [6.07, 6.45) is 3.19. The molecular weight excluding hydrogens is 512 g/mol. The number of carbonyl (C=O) groups excluding carboxylic acids is 1. The summed E-state index contributed by atoms with van der Waals surface area (Å²) in [5.74, 6) is 0.0239. The molecule has 5 N–H and O–H groups in total. The van der Waals surface area contributed by atoms with Crippen molar-refractivity contribution in [3.8, 4) is 0 Å². The number of aliphatic imine (C=N–C) groups is 1. The fourth-order valence-electron chi connectivity index (χ4n) is 4.34. The third-order valence-electron chi connectivity index (χ3n) is 6.11. The van der Waals surface area contributed by atoms with Crippen LogP contribution in [0.25, 0.3) is 16.5 Å². The molecule has 194 valence electrons. The van der Waals surface area contributed by atoms with Crippen molar-refractivity contribution < 1.29 is 9.21 Å². The number of aryl methyl sites for hydroxylation is 1. The standard InChI is InChI=1S/C26H29ClN6O3S/c1-13-9-16(15(3)31-19-5-6-21(27)32-22(19)26(35)33-37-4)25-17(10-13)23(34)14(2)24(36-25)18(11-28)20-12-29-7-8-30-20/h5-6,9-11,15,29,31H,7-8,12,28H2,1-4H3,(H,33,35)/b18-11+. The first-order valence-electron chi connectivity index (χ1n) is 11.8. The summed E-state index contributed by atoms with van der Waals surface area (Å²) in [7, 11) is 0. The van der Waals surface area contributed by atoms with E-state index in [4.69, 9.17) is 21.8 Å². The number of nitrogens with one attached hydrogen (secondary N) is 3. The van der Waals surface area contributed by atoms with Gasteiger partial charge in [0.15, 0.2) is 11.1 Å². The highest BCUT2D eigenvalue weighted by molar-refractivity contribution is 7.97. The van der Waals surface area contributed by atoms with E-state index in [2.05, 4.69) is 25.3 Å². The number of anilines is 1. The van der Waals surface area contributed by atoms with E-state index in [1.54, 1.807) is 25.3 Å². The lowest BCUT2D eigenvalue weighted by molar-refractivity contribution is 0.0980. The number of fused-ring (bicyclic) bond motifs is 1. The van der Waals surface area contributed by atoms with Gasteiger partial charge >= 0.3 is 0 Å². The maximum absolute atomic E-state index is 13.5. The predicted molar refractivity (Wildman–Crippen MR) is 152 cm³/mol. The van der Waals surface area contributed by atoms with Gasteiger partial charge in [-0.05, 0) is 44.5 Å². The van der Waals surface area contributed by atoms with E-state index >= 15 is 0 Å². The molecule has 1 unspecified atom stereocenters. The number of amides is 1. The van der Waals surface area contributed by atoms with Crippen LogP contribution >= 0.6 is 23.5 Å². The molecule has 0 saturated carbocycles. The summed E-state index contributed by atoms with van der Waals surface area (Å²) < 4.78 is 9.12. The van der Waals surface area contributed by atoms with Gasteiger partial charge in [-0.15, -0.1) is 0 Å². The minimum atomic E-state index is -0.372. The second kappa shape index (κ2) is 11.4. The smallest absolute Gasteiger partial charge is 0.281 e. The molecule has 1 amide bonds. The van der Waals surface area contributed by atoms with Crippen LogP contribution in [0, 0.1) is 13.8 Å². The van der Waals surface area contributed by atoms with Gasteiger partial charge in [0.25, 0.3) is 5.91 Å². The monoisotopic (exact) mass is 540 g/mol. The zero-order valence-electron chi connectivity index (χ0n) is 21.1. The van der Waals surface area contributed by atoms with Crippen LogP contribution in [0.15, 0.2) is 44.7 Å². The zero-order chi connectivity index (χ0) is 26.7. The van der Waals surface area contributed by atoms with Crippen LogP contribution in [0.1, 0.15) is 45.9 Å². The molecular formula is C26H29ClN6O3S. The number of pyridine rings is 1. The number of nitrogens with zero attached hydrogens (tertiary/aromatic N) is 2. The van der Waals surface area contributed by atoms with E-state index in [1.165, 1.54) is 18.1 Å². The van der Waals surface area contributed by atoms with Crippen LogP contribution in [0.2, 0.25) is 5.15 Å². The quantitative estimate of drug-likeness (QED) is 0.261. The molecule has 0 saturated heterocycles. The summed E-state index contributed by atoms with van der Waals surface area (Å²) in [6.45, 7) is 7.52. The SMILES string of the molecule is CSNC(=O)c1nc(Cl)ccc1NC(C)c1cc(C)cc2c(=O)c(C)c(/C(=C/N)C3=NCCNC3)oc12. The van der Waals surface area contributed by atoms with Crippen molar-refractivity contribution in [2.75, 3.05) is 31.2 Å². The topological polar surface area (TPSA) is 135 Å². The first kappa shape index (κ1) is 26.7. The van der Waals surface area contributed by atoms with Crippen LogP contribution in [-0.2, 0) is 0 Å². The van der Waals surface area contributed by atoms with Gasteiger partial charge in [0, 0.05) is 36.7 Å². The van der Waals surface area contributed by atoms with Gasteiger partial charge < -0.3 is 20.8 Å². The van der Waals surface area contributed by atoms with Gasteiger partial charge in [-0.2, -0.15) is 0 Å². The number of halogens is 1. The maximum Gasteiger partial charge on any atom is 0.281 e. The van der Waals surface area contributed by atoms with E-state index in [0.29, 0.717) is 46.6 Å². The van der Waals surface area contributed by atoms with Crippen molar-refractivity contribution in [3.05, 3.63) is 74.0 Å². The number of carbonyl (C=O) groups is 1. The van der Waals surface area contributed by atoms with Crippen LogP contribution < -0.4 is 26.5 Å². The summed E-state index contributed by atoms with van der Waals surface area (Å²) in [6, 6.07) is 6.73. The van der Waals surface area contributed by atoms with Gasteiger partial charge in [-0.3, -0.25) is 19.3 Å². The lowest BCUT2D eigenvalue weighted by Crippen LogP contribution is -2.32. The van der Waals surface area contributed by atoms with E-state index in [0.717, 1.165) is 23.4 Å². The fraction of sp³-hybridized carbons (Fsp3) is 0.308. The molecule has 3 aromatic rings. The molecule has 0 spiro atoms. The van der Waals surface area contributed by atoms with Crippen molar-refractivity contribution in [2.24, 2.45) is 10.7 Å². The van der Waals surface area contributed by atoms with Gasteiger partial charge in [-0.1, -0.05) is 29.6 Å². The Morgan fingerprint density at radius 2 is 2.11 bits per heavy atom.